The maximum absolute atomic E-state index is 12.9. The summed E-state index contributed by atoms with van der Waals surface area (Å²) >= 11 is 0. The van der Waals surface area contributed by atoms with Crippen LogP contribution in [0.2, 0.25) is 0 Å². The molecule has 1 aliphatic carbocycles. The minimum absolute atomic E-state index is 0.0206. The minimum atomic E-state index is -0.910. The van der Waals surface area contributed by atoms with Gasteiger partial charge in [0.1, 0.15) is 12.1 Å². The Morgan fingerprint density at radius 3 is 2.73 bits per heavy atom. The molecule has 1 spiro atoms. The molecule has 1 saturated heterocycles. The van der Waals surface area contributed by atoms with E-state index in [0.717, 1.165) is 36.1 Å². The highest BCUT2D eigenvalue weighted by atomic mass is 16.5. The molecule has 1 saturated carbocycles. The monoisotopic (exact) mass is 413 g/mol. The fourth-order valence-corrected chi connectivity index (χ4v) is 4.76. The zero-order chi connectivity index (χ0) is 21.3. The van der Waals surface area contributed by atoms with Crippen molar-refractivity contribution in [2.75, 3.05) is 19.7 Å². The molecule has 2 heterocycles. The first-order chi connectivity index (χ1) is 14.4. The number of imide groups is 1. The van der Waals surface area contributed by atoms with Crippen molar-refractivity contribution in [3.05, 3.63) is 35.4 Å². The second-order valence-corrected chi connectivity index (χ2v) is 8.43. The molecular formula is C22H27N3O5. The Morgan fingerprint density at radius 2 is 1.97 bits per heavy atom. The lowest BCUT2D eigenvalue weighted by atomic mass is 9.73. The van der Waals surface area contributed by atoms with Crippen molar-refractivity contribution in [2.24, 2.45) is 5.92 Å². The summed E-state index contributed by atoms with van der Waals surface area (Å²) in [5.74, 6) is -1.39. The van der Waals surface area contributed by atoms with E-state index in [4.69, 9.17) is 4.74 Å². The normalized spacial score (nSPS) is 25.8. The molecule has 2 aliphatic heterocycles. The van der Waals surface area contributed by atoms with Gasteiger partial charge in [-0.3, -0.25) is 19.3 Å². The van der Waals surface area contributed by atoms with Gasteiger partial charge >= 0.3 is 12.0 Å². The van der Waals surface area contributed by atoms with E-state index in [1.165, 1.54) is 5.56 Å². The molecule has 0 aromatic heterocycles. The number of amides is 4. The van der Waals surface area contributed by atoms with Crippen LogP contribution < -0.4 is 5.32 Å². The van der Waals surface area contributed by atoms with Crippen LogP contribution in [0.4, 0.5) is 4.79 Å². The number of nitrogens with one attached hydrogen (secondary N) is 1. The van der Waals surface area contributed by atoms with Crippen molar-refractivity contribution in [1.29, 1.82) is 0 Å². The first-order valence-corrected chi connectivity index (χ1v) is 10.5. The number of nitrogens with zero attached hydrogens (tertiary/aromatic N) is 2. The van der Waals surface area contributed by atoms with Crippen molar-refractivity contribution < 1.29 is 23.9 Å². The lowest BCUT2D eigenvalue weighted by Gasteiger charge is -2.36. The molecular weight excluding hydrogens is 386 g/mol. The highest BCUT2D eigenvalue weighted by molar-refractivity contribution is 6.09. The largest absolute Gasteiger partial charge is 0.454 e. The summed E-state index contributed by atoms with van der Waals surface area (Å²) in [6.07, 6.45) is 4.09. The summed E-state index contributed by atoms with van der Waals surface area (Å²) in [7, 11) is 0. The smallest absolute Gasteiger partial charge is 0.326 e. The third-order valence-corrected chi connectivity index (χ3v) is 6.63. The van der Waals surface area contributed by atoms with E-state index in [-0.39, 0.29) is 17.7 Å². The molecule has 0 unspecified atom stereocenters. The Labute approximate surface area is 175 Å². The van der Waals surface area contributed by atoms with Gasteiger partial charge in [-0.2, -0.15) is 0 Å². The predicted molar refractivity (Wildman–Crippen MR) is 107 cm³/mol. The summed E-state index contributed by atoms with van der Waals surface area (Å²) in [4.78, 5) is 52.5. The van der Waals surface area contributed by atoms with Gasteiger partial charge in [0.2, 0.25) is 0 Å². The van der Waals surface area contributed by atoms with Crippen LogP contribution in [0.3, 0.4) is 0 Å². The van der Waals surface area contributed by atoms with Gasteiger partial charge in [0, 0.05) is 13.1 Å². The Morgan fingerprint density at radius 1 is 1.20 bits per heavy atom. The predicted octanol–water partition coefficient (Wildman–Crippen LogP) is 1.62. The molecule has 4 amide bonds. The molecule has 1 aromatic carbocycles. The molecule has 3 aliphatic rings. The SMILES string of the molecule is C[C@@H]1CCCC[C@]12NC(=O)N(CC(=O)OCC(=O)N1CCc3ccccc3C1)C2=O. The van der Waals surface area contributed by atoms with Crippen LogP contribution in [-0.2, 0) is 32.1 Å². The number of rotatable bonds is 4. The van der Waals surface area contributed by atoms with E-state index < -0.39 is 30.7 Å². The molecule has 30 heavy (non-hydrogen) atoms. The average molecular weight is 413 g/mol. The Kier molecular flexibility index (Phi) is 5.49. The second kappa shape index (κ2) is 8.08. The van der Waals surface area contributed by atoms with Crippen LogP contribution in [-0.4, -0.2) is 58.8 Å². The molecule has 8 nitrogen and oxygen atoms in total. The quantitative estimate of drug-likeness (QED) is 0.598. The van der Waals surface area contributed by atoms with E-state index in [0.29, 0.717) is 19.5 Å². The van der Waals surface area contributed by atoms with E-state index in [1.807, 2.05) is 25.1 Å². The highest BCUT2D eigenvalue weighted by Crippen LogP contribution is 2.38. The maximum Gasteiger partial charge on any atom is 0.326 e. The number of carbonyl (C=O) groups is 4. The molecule has 4 rings (SSSR count). The number of hydrogen-bond donors (Lipinski definition) is 1. The van der Waals surface area contributed by atoms with Crippen LogP contribution in [0.15, 0.2) is 24.3 Å². The van der Waals surface area contributed by atoms with Crippen molar-refractivity contribution in [3.8, 4) is 0 Å². The number of esters is 1. The Bertz CT molecular complexity index is 885. The Hall–Kier alpha value is -2.90. The molecule has 0 radical (unpaired) electrons. The lowest BCUT2D eigenvalue weighted by Crippen LogP contribution is -2.54. The van der Waals surface area contributed by atoms with Crippen LogP contribution >= 0.6 is 0 Å². The number of fused-ring (bicyclic) bond motifs is 1. The van der Waals surface area contributed by atoms with E-state index in [2.05, 4.69) is 11.4 Å². The van der Waals surface area contributed by atoms with Gasteiger partial charge in [-0.15, -0.1) is 0 Å². The zero-order valence-electron chi connectivity index (χ0n) is 17.2. The fraction of sp³-hybridized carbons (Fsp3) is 0.545. The van der Waals surface area contributed by atoms with E-state index in [9.17, 15) is 19.2 Å². The molecule has 1 aromatic rings. The van der Waals surface area contributed by atoms with Crippen LogP contribution in [0, 0.1) is 5.92 Å². The van der Waals surface area contributed by atoms with E-state index >= 15 is 0 Å². The maximum atomic E-state index is 12.9. The first-order valence-electron chi connectivity index (χ1n) is 10.5. The van der Waals surface area contributed by atoms with Gasteiger partial charge in [-0.25, -0.2) is 4.79 Å². The van der Waals surface area contributed by atoms with Crippen molar-refractivity contribution in [3.63, 3.8) is 0 Å². The summed E-state index contributed by atoms with van der Waals surface area (Å²) in [6.45, 7) is 2.14. The first kappa shape index (κ1) is 20.4. The zero-order valence-corrected chi connectivity index (χ0v) is 17.2. The van der Waals surface area contributed by atoms with Crippen LogP contribution in [0.1, 0.15) is 43.7 Å². The molecule has 160 valence electrons. The van der Waals surface area contributed by atoms with E-state index in [1.54, 1.807) is 4.90 Å². The minimum Gasteiger partial charge on any atom is -0.454 e. The summed E-state index contributed by atoms with van der Waals surface area (Å²) in [5.41, 5.74) is 1.41. The van der Waals surface area contributed by atoms with Crippen molar-refractivity contribution in [2.45, 2.75) is 51.1 Å². The van der Waals surface area contributed by atoms with Gasteiger partial charge in [-0.1, -0.05) is 44.0 Å². The lowest BCUT2D eigenvalue weighted by molar-refractivity contribution is -0.154. The third-order valence-electron chi connectivity index (χ3n) is 6.63. The van der Waals surface area contributed by atoms with Crippen LogP contribution in [0.25, 0.3) is 0 Å². The number of ether oxygens (including phenoxy) is 1. The van der Waals surface area contributed by atoms with Gasteiger partial charge in [0.15, 0.2) is 6.61 Å². The number of hydrogen-bond acceptors (Lipinski definition) is 5. The van der Waals surface area contributed by atoms with Gasteiger partial charge < -0.3 is 15.0 Å². The molecule has 2 atom stereocenters. The molecule has 2 fully saturated rings. The standard InChI is InChI=1S/C22H27N3O5/c1-15-6-4-5-10-22(15)20(28)25(21(29)23-22)13-19(27)30-14-18(26)24-11-9-16-7-2-3-8-17(16)12-24/h2-3,7-8,15H,4-6,9-14H2,1H3,(H,23,29)/t15-,22+/m1/s1. The van der Waals surface area contributed by atoms with Gasteiger partial charge in [-0.05, 0) is 36.3 Å². The van der Waals surface area contributed by atoms with Crippen LogP contribution in [0.5, 0.6) is 0 Å². The number of urea groups is 1. The summed E-state index contributed by atoms with van der Waals surface area (Å²) < 4.78 is 5.10. The van der Waals surface area contributed by atoms with Crippen molar-refractivity contribution >= 4 is 23.8 Å². The van der Waals surface area contributed by atoms with Gasteiger partial charge in [0.05, 0.1) is 0 Å². The second-order valence-electron chi connectivity index (χ2n) is 8.43. The Balaban J connectivity index is 1.30. The summed E-state index contributed by atoms with van der Waals surface area (Å²) in [6, 6.07) is 7.39. The molecule has 8 heteroatoms. The highest BCUT2D eigenvalue weighted by Gasteiger charge is 2.55. The molecule has 1 N–H and O–H groups in total. The summed E-state index contributed by atoms with van der Waals surface area (Å²) in [5, 5.41) is 2.80. The molecule has 0 bridgehead atoms. The third kappa shape index (κ3) is 3.66. The van der Waals surface area contributed by atoms with Gasteiger partial charge in [0.25, 0.3) is 11.8 Å². The topological polar surface area (TPSA) is 96.0 Å². The number of carbonyl (C=O) groups excluding carboxylic acids is 4. The fourth-order valence-electron chi connectivity index (χ4n) is 4.76. The average Bonchev–Trinajstić information content (AvgIpc) is 2.98. The van der Waals surface area contributed by atoms with Crippen molar-refractivity contribution in [1.82, 2.24) is 15.1 Å². The number of benzene rings is 1.